The lowest BCUT2D eigenvalue weighted by atomic mass is 9.88. The lowest BCUT2D eigenvalue weighted by molar-refractivity contribution is -0.145. The molecule has 3 saturated heterocycles. The number of aromatic nitrogens is 4. The highest BCUT2D eigenvalue weighted by molar-refractivity contribution is 7.22. The van der Waals surface area contributed by atoms with Crippen molar-refractivity contribution in [2.24, 2.45) is 0 Å². The number of aliphatic carboxylic acids is 1. The number of piperazine rings is 1. The molecule has 0 amide bonds. The molecule has 0 saturated carbocycles. The number of ether oxygens (including phenoxy) is 5. The molecule has 8 heterocycles. The number of piperidine rings is 1. The zero-order chi connectivity index (χ0) is 49.6. The number of rotatable bonds is 8. The van der Waals surface area contributed by atoms with Gasteiger partial charge in [-0.3, -0.25) is 4.90 Å². The first-order valence-electron chi connectivity index (χ1n) is 23.6. The van der Waals surface area contributed by atoms with Crippen molar-refractivity contribution in [1.29, 1.82) is 0 Å². The third kappa shape index (κ3) is 10.4. The molecule has 3 fully saturated rings. The van der Waals surface area contributed by atoms with Gasteiger partial charge in [0.05, 0.1) is 33.3 Å². The monoisotopic (exact) mass is 1030 g/mol. The van der Waals surface area contributed by atoms with Crippen molar-refractivity contribution in [2.75, 3.05) is 71.0 Å². The SMILES string of the molecule is Cc1c(Cl)c2c(Cl)c(C)c1-c1c(-c3ccc(F)cc3)sc3ncnc(c13)O[C@@H](C(=O)O)Cc1cc(ccc1OCc1ccnc(N3CCC4(CC3)CC(F)(F)CO4)n1)OCC[C@@H](CN1CCN(C)CC1)O2. The minimum absolute atomic E-state index is 0.000991. The fourth-order valence-electron chi connectivity index (χ4n) is 9.93. The Morgan fingerprint density at radius 1 is 0.944 bits per heavy atom. The van der Waals surface area contributed by atoms with Gasteiger partial charge in [-0.25, -0.2) is 37.9 Å². The number of hydrogen-bond acceptors (Lipinski definition) is 14. The van der Waals surface area contributed by atoms with Crippen LogP contribution < -0.4 is 23.8 Å². The number of thiophene rings is 1. The first-order chi connectivity index (χ1) is 34.1. The molecule has 3 aromatic heterocycles. The molecule has 71 heavy (non-hydrogen) atoms. The Hall–Kier alpha value is -5.50. The summed E-state index contributed by atoms with van der Waals surface area (Å²) in [5.41, 5.74) is 3.40. The van der Waals surface area contributed by atoms with Gasteiger partial charge in [-0.1, -0.05) is 35.3 Å². The summed E-state index contributed by atoms with van der Waals surface area (Å²) < 4.78 is 74.4. The molecule has 0 aliphatic carbocycles. The van der Waals surface area contributed by atoms with E-state index >= 15 is 0 Å². The Morgan fingerprint density at radius 2 is 1.69 bits per heavy atom. The van der Waals surface area contributed by atoms with Crippen LogP contribution in [-0.2, 0) is 22.6 Å². The van der Waals surface area contributed by atoms with Gasteiger partial charge in [0.15, 0.2) is 5.75 Å². The molecule has 0 radical (unpaired) electrons. The Kier molecular flexibility index (Phi) is 14.0. The van der Waals surface area contributed by atoms with Gasteiger partial charge >= 0.3 is 5.97 Å². The number of nitrogens with zero attached hydrogens (tertiary/aromatic N) is 7. The zero-order valence-electron chi connectivity index (χ0n) is 39.4. The lowest BCUT2D eigenvalue weighted by Gasteiger charge is -2.38. The van der Waals surface area contributed by atoms with Crippen LogP contribution in [0.1, 0.15) is 48.1 Å². The molecule has 1 spiro atoms. The molecule has 0 unspecified atom stereocenters. The number of alkyl halides is 2. The minimum atomic E-state index is -2.83. The third-order valence-electron chi connectivity index (χ3n) is 13.8. The van der Waals surface area contributed by atoms with Gasteiger partial charge < -0.3 is 38.6 Å². The average Bonchev–Trinajstić information content (AvgIpc) is 3.89. The number of likely N-dealkylation sites (N-methyl/N-ethyl adjacent to an activating group) is 1. The number of anilines is 1. The molecule has 2 atom stereocenters. The fraction of sp³-hybridized carbons (Fsp3) is 0.431. The Balaban J connectivity index is 1.02. The van der Waals surface area contributed by atoms with Gasteiger partial charge in [-0.2, -0.15) is 0 Å². The number of hydrogen-bond donors (Lipinski definition) is 1. The fourth-order valence-corrected chi connectivity index (χ4v) is 11.6. The van der Waals surface area contributed by atoms with E-state index in [1.54, 1.807) is 42.6 Å². The third-order valence-corrected chi connectivity index (χ3v) is 15.9. The number of carboxylic acid groups (broad SMARTS) is 1. The van der Waals surface area contributed by atoms with Crippen LogP contribution in [0.25, 0.3) is 31.8 Å². The topological polar surface area (TPSA) is 145 Å². The van der Waals surface area contributed by atoms with E-state index in [4.69, 9.17) is 51.9 Å². The first kappa shape index (κ1) is 49.1. The van der Waals surface area contributed by atoms with Crippen molar-refractivity contribution in [3.63, 3.8) is 0 Å². The van der Waals surface area contributed by atoms with Gasteiger partial charge in [-0.05, 0) is 92.4 Å². The molecule has 20 heteroatoms. The molecule has 5 aliphatic rings. The summed E-state index contributed by atoms with van der Waals surface area (Å²) in [6, 6.07) is 13.0. The van der Waals surface area contributed by atoms with E-state index in [9.17, 15) is 23.1 Å². The molecule has 11 rings (SSSR count). The predicted octanol–water partition coefficient (Wildman–Crippen LogP) is 9.70. The summed E-state index contributed by atoms with van der Waals surface area (Å²) in [6.45, 7) is 8.44. The van der Waals surface area contributed by atoms with Gasteiger partial charge in [0.25, 0.3) is 5.92 Å². The van der Waals surface area contributed by atoms with Crippen LogP contribution in [0.15, 0.2) is 61.1 Å². The van der Waals surface area contributed by atoms with Gasteiger partial charge in [0.1, 0.15) is 47.8 Å². The molecule has 4 bridgehead atoms. The predicted molar refractivity (Wildman–Crippen MR) is 264 cm³/mol. The molecule has 6 aromatic rings. The highest BCUT2D eigenvalue weighted by Gasteiger charge is 2.52. The summed E-state index contributed by atoms with van der Waals surface area (Å²) >= 11 is 16.0. The summed E-state index contributed by atoms with van der Waals surface area (Å²) in [5.74, 6) is -2.88. The van der Waals surface area contributed by atoms with Crippen molar-refractivity contribution >= 4 is 56.7 Å². The lowest BCUT2D eigenvalue weighted by Crippen LogP contribution is -2.48. The van der Waals surface area contributed by atoms with E-state index in [0.29, 0.717) is 126 Å². The number of fused-ring (bicyclic) bond motifs is 8. The molecule has 1 N–H and O–H groups in total. The van der Waals surface area contributed by atoms with E-state index in [2.05, 4.69) is 31.8 Å². The molecular weight excluding hydrogens is 983 g/mol. The van der Waals surface area contributed by atoms with E-state index in [-0.39, 0.29) is 31.9 Å². The number of halogens is 5. The molecular formula is C51H52Cl2F3N7O7S. The highest BCUT2D eigenvalue weighted by atomic mass is 35.5. The highest BCUT2D eigenvalue weighted by Crippen LogP contribution is 2.53. The van der Waals surface area contributed by atoms with Crippen molar-refractivity contribution in [3.8, 4) is 44.7 Å². The molecule has 14 nitrogen and oxygen atoms in total. The van der Waals surface area contributed by atoms with E-state index in [1.165, 1.54) is 29.8 Å². The van der Waals surface area contributed by atoms with Crippen molar-refractivity contribution in [1.82, 2.24) is 29.7 Å². The Labute approximate surface area is 422 Å². The van der Waals surface area contributed by atoms with Gasteiger partial charge in [0.2, 0.25) is 17.9 Å². The van der Waals surface area contributed by atoms with Crippen LogP contribution in [0.2, 0.25) is 10.0 Å². The number of carbonyl (C=O) groups is 1. The minimum Gasteiger partial charge on any atom is -0.493 e. The van der Waals surface area contributed by atoms with Crippen molar-refractivity contribution < 1.29 is 46.8 Å². The zero-order valence-corrected chi connectivity index (χ0v) is 41.7. The van der Waals surface area contributed by atoms with Crippen molar-refractivity contribution in [3.05, 3.63) is 99.3 Å². The van der Waals surface area contributed by atoms with E-state index in [0.717, 1.165) is 26.2 Å². The van der Waals surface area contributed by atoms with E-state index < -0.39 is 42.1 Å². The van der Waals surface area contributed by atoms with Crippen LogP contribution in [0.4, 0.5) is 19.1 Å². The normalized spacial score (nSPS) is 20.5. The van der Waals surface area contributed by atoms with Crippen LogP contribution in [0.3, 0.4) is 0 Å². The Bertz CT molecular complexity index is 2920. The number of benzene rings is 3. The van der Waals surface area contributed by atoms with Crippen LogP contribution in [0.5, 0.6) is 23.1 Å². The van der Waals surface area contributed by atoms with E-state index in [1.807, 2.05) is 18.7 Å². The maximum atomic E-state index is 14.4. The van der Waals surface area contributed by atoms with Crippen molar-refractivity contribution in [2.45, 2.75) is 76.3 Å². The maximum Gasteiger partial charge on any atom is 0.345 e. The summed E-state index contributed by atoms with van der Waals surface area (Å²) in [5, 5.41) is 11.9. The number of carboxylic acids is 1. The quantitative estimate of drug-likeness (QED) is 0.154. The summed E-state index contributed by atoms with van der Waals surface area (Å²) in [6.07, 6.45) is 1.89. The average molecular weight is 1030 g/mol. The first-order valence-corrected chi connectivity index (χ1v) is 25.2. The second-order valence-electron chi connectivity index (χ2n) is 18.8. The summed E-state index contributed by atoms with van der Waals surface area (Å²) in [7, 11) is 2.10. The molecule has 374 valence electrons. The molecule has 5 aliphatic heterocycles. The van der Waals surface area contributed by atoms with Crippen LogP contribution in [-0.4, -0.2) is 131 Å². The standard InChI is InChI=1S/C51H52Cl2F3N7O7S/c1-29-39-30(2)43(53)44(42(29)52)69-36(24-62-19-17-61(3)18-20-62)11-21-66-35-8-9-37(67-25-34-10-14-57-49(60-34)63-15-12-50(13-16-63)26-51(55,56)27-68-50)32(22-35)23-38(48(64)65)70-46-41-40(39)45(71-47(41)59-28-58-46)31-4-6-33(54)7-5-31/h4-10,14,22,28,36,38H,11-13,15-21,23-27H2,1-3H3,(H,64,65)/t36-,38+/m0/s1. The second-order valence-corrected chi connectivity index (χ2v) is 20.5. The maximum absolute atomic E-state index is 14.4. The van der Waals surface area contributed by atoms with Gasteiger partial charge in [0, 0.05) is 87.3 Å². The van der Waals surface area contributed by atoms with Crippen LogP contribution in [0, 0.1) is 19.7 Å². The largest absolute Gasteiger partial charge is 0.493 e. The summed E-state index contributed by atoms with van der Waals surface area (Å²) in [4.78, 5) is 39.6. The Morgan fingerprint density at radius 3 is 2.39 bits per heavy atom. The smallest absolute Gasteiger partial charge is 0.345 e. The van der Waals surface area contributed by atoms with Crippen LogP contribution >= 0.6 is 34.5 Å². The van der Waals surface area contributed by atoms with Gasteiger partial charge in [-0.15, -0.1) is 11.3 Å². The molecule has 3 aromatic carbocycles. The second kappa shape index (κ2) is 20.2.